The first-order valence-corrected chi connectivity index (χ1v) is 5.57. The lowest BCUT2D eigenvalue weighted by atomic mass is 9.85. The molecule has 1 aliphatic heterocycles. The summed E-state index contributed by atoms with van der Waals surface area (Å²) in [5, 5.41) is 0. The van der Waals surface area contributed by atoms with Gasteiger partial charge in [0.15, 0.2) is 0 Å². The molecule has 0 bridgehead atoms. The molecule has 2 fully saturated rings. The normalized spacial score (nSPS) is 38.6. The second kappa shape index (κ2) is 3.83. The first-order valence-electron chi connectivity index (χ1n) is 5.57. The average Bonchev–Trinajstić information content (AvgIpc) is 2.91. The number of hydrogen-bond donors (Lipinski definition) is 0. The highest BCUT2D eigenvalue weighted by molar-refractivity contribution is 4.97. The summed E-state index contributed by atoms with van der Waals surface area (Å²) in [6.07, 6.45) is 10.3. The number of allylic oxidation sites excluding steroid dienone is 2. The Balaban J connectivity index is 1.69. The molecule has 1 heterocycles. The molecule has 3 atom stereocenters. The summed E-state index contributed by atoms with van der Waals surface area (Å²) in [5.74, 6) is 0.943. The van der Waals surface area contributed by atoms with Gasteiger partial charge in [-0.2, -0.15) is 0 Å². The average molecular weight is 180 g/mol. The molecule has 1 saturated carbocycles. The molecule has 1 nitrogen and oxygen atoms in total. The van der Waals surface area contributed by atoms with Crippen LogP contribution in [0, 0.1) is 5.92 Å². The van der Waals surface area contributed by atoms with Crippen molar-refractivity contribution in [2.75, 3.05) is 0 Å². The Labute approximate surface area is 81.2 Å². The van der Waals surface area contributed by atoms with Gasteiger partial charge in [0, 0.05) is 0 Å². The highest BCUT2D eigenvalue weighted by Crippen LogP contribution is 2.41. The van der Waals surface area contributed by atoms with Gasteiger partial charge in [0.1, 0.15) is 0 Å². The third kappa shape index (κ3) is 2.34. The van der Waals surface area contributed by atoms with Gasteiger partial charge in [-0.3, -0.25) is 0 Å². The smallest absolute Gasteiger partial charge is 0.0844 e. The topological polar surface area (TPSA) is 12.5 Å². The summed E-state index contributed by atoms with van der Waals surface area (Å²) in [6.45, 7) is 4.37. The standard InChI is InChI=1S/C12H20O/c1-3-9(2)4-5-10-6-7-11-12(8-10)13-11/h3,10-12H,4-8H2,1-2H3. The van der Waals surface area contributed by atoms with E-state index in [2.05, 4.69) is 19.9 Å². The Morgan fingerprint density at radius 2 is 2.23 bits per heavy atom. The fourth-order valence-corrected chi connectivity index (χ4v) is 2.33. The SMILES string of the molecule is CC=C(C)CCC1CCC2OC2C1. The van der Waals surface area contributed by atoms with Crippen LogP contribution in [0.15, 0.2) is 11.6 Å². The Kier molecular flexibility index (Phi) is 2.73. The zero-order chi connectivity index (χ0) is 9.26. The number of rotatable bonds is 3. The van der Waals surface area contributed by atoms with Crippen LogP contribution >= 0.6 is 0 Å². The molecule has 3 unspecified atom stereocenters. The predicted octanol–water partition coefficient (Wildman–Crippen LogP) is 3.30. The summed E-state index contributed by atoms with van der Waals surface area (Å²) < 4.78 is 5.53. The van der Waals surface area contributed by atoms with Gasteiger partial charge < -0.3 is 4.74 Å². The van der Waals surface area contributed by atoms with Crippen molar-refractivity contribution < 1.29 is 4.74 Å². The summed E-state index contributed by atoms with van der Waals surface area (Å²) in [4.78, 5) is 0. The van der Waals surface area contributed by atoms with Crippen LogP contribution in [0.1, 0.15) is 46.0 Å². The lowest BCUT2D eigenvalue weighted by molar-refractivity contribution is 0.351. The van der Waals surface area contributed by atoms with E-state index in [0.717, 1.165) is 5.92 Å². The van der Waals surface area contributed by atoms with Crippen molar-refractivity contribution in [3.8, 4) is 0 Å². The van der Waals surface area contributed by atoms with Crippen LogP contribution in [-0.4, -0.2) is 12.2 Å². The Morgan fingerprint density at radius 1 is 1.38 bits per heavy atom. The lowest BCUT2D eigenvalue weighted by Gasteiger charge is -2.18. The van der Waals surface area contributed by atoms with Crippen LogP contribution in [0.5, 0.6) is 0 Å². The molecule has 0 N–H and O–H groups in total. The van der Waals surface area contributed by atoms with Gasteiger partial charge in [-0.05, 0) is 51.9 Å². The van der Waals surface area contributed by atoms with Crippen molar-refractivity contribution in [2.45, 2.75) is 58.2 Å². The zero-order valence-corrected chi connectivity index (χ0v) is 8.75. The second-order valence-electron chi connectivity index (χ2n) is 4.57. The first-order chi connectivity index (χ1) is 6.29. The molecule has 2 rings (SSSR count). The van der Waals surface area contributed by atoms with E-state index in [1.165, 1.54) is 32.1 Å². The van der Waals surface area contributed by atoms with Crippen LogP contribution in [0.4, 0.5) is 0 Å². The molecule has 74 valence electrons. The van der Waals surface area contributed by atoms with Crippen molar-refractivity contribution in [2.24, 2.45) is 5.92 Å². The van der Waals surface area contributed by atoms with Crippen molar-refractivity contribution in [1.82, 2.24) is 0 Å². The molecule has 0 radical (unpaired) electrons. The van der Waals surface area contributed by atoms with E-state index >= 15 is 0 Å². The van der Waals surface area contributed by atoms with E-state index in [1.54, 1.807) is 5.57 Å². The minimum atomic E-state index is 0.657. The summed E-state index contributed by atoms with van der Waals surface area (Å²) in [6, 6.07) is 0. The monoisotopic (exact) mass is 180 g/mol. The summed E-state index contributed by atoms with van der Waals surface area (Å²) in [5.41, 5.74) is 1.54. The van der Waals surface area contributed by atoms with Crippen LogP contribution < -0.4 is 0 Å². The number of ether oxygens (including phenoxy) is 1. The largest absolute Gasteiger partial charge is 0.370 e. The fraction of sp³-hybridized carbons (Fsp3) is 0.833. The minimum absolute atomic E-state index is 0.657. The Hall–Kier alpha value is -0.300. The van der Waals surface area contributed by atoms with Gasteiger partial charge in [-0.15, -0.1) is 0 Å². The van der Waals surface area contributed by atoms with E-state index in [1.807, 2.05) is 0 Å². The maximum Gasteiger partial charge on any atom is 0.0844 e. The number of epoxide rings is 1. The van der Waals surface area contributed by atoms with Crippen LogP contribution in [0.2, 0.25) is 0 Å². The van der Waals surface area contributed by atoms with E-state index in [-0.39, 0.29) is 0 Å². The molecule has 0 aromatic heterocycles. The van der Waals surface area contributed by atoms with Gasteiger partial charge in [0.2, 0.25) is 0 Å². The molecule has 0 aromatic carbocycles. The fourth-order valence-electron chi connectivity index (χ4n) is 2.33. The maximum atomic E-state index is 5.53. The van der Waals surface area contributed by atoms with Gasteiger partial charge in [0.25, 0.3) is 0 Å². The summed E-state index contributed by atoms with van der Waals surface area (Å²) in [7, 11) is 0. The third-order valence-electron chi connectivity index (χ3n) is 3.55. The molecule has 0 amide bonds. The molecule has 13 heavy (non-hydrogen) atoms. The molecule has 2 aliphatic rings. The molecular weight excluding hydrogens is 160 g/mol. The maximum absolute atomic E-state index is 5.53. The quantitative estimate of drug-likeness (QED) is 0.479. The van der Waals surface area contributed by atoms with E-state index in [4.69, 9.17) is 4.74 Å². The van der Waals surface area contributed by atoms with Gasteiger partial charge in [-0.1, -0.05) is 11.6 Å². The van der Waals surface area contributed by atoms with Crippen LogP contribution in [0.25, 0.3) is 0 Å². The first kappa shape index (κ1) is 9.26. The summed E-state index contributed by atoms with van der Waals surface area (Å²) >= 11 is 0. The van der Waals surface area contributed by atoms with E-state index in [0.29, 0.717) is 12.2 Å². The van der Waals surface area contributed by atoms with Crippen LogP contribution in [0.3, 0.4) is 0 Å². The zero-order valence-electron chi connectivity index (χ0n) is 8.75. The molecule has 1 saturated heterocycles. The Morgan fingerprint density at radius 3 is 2.92 bits per heavy atom. The lowest BCUT2D eigenvalue weighted by Crippen LogP contribution is -2.13. The number of hydrogen-bond acceptors (Lipinski definition) is 1. The van der Waals surface area contributed by atoms with Crippen molar-refractivity contribution in [1.29, 1.82) is 0 Å². The van der Waals surface area contributed by atoms with E-state index < -0.39 is 0 Å². The van der Waals surface area contributed by atoms with Gasteiger partial charge >= 0.3 is 0 Å². The highest BCUT2D eigenvalue weighted by Gasteiger charge is 2.43. The molecule has 0 aromatic rings. The third-order valence-corrected chi connectivity index (χ3v) is 3.55. The van der Waals surface area contributed by atoms with Crippen molar-refractivity contribution >= 4 is 0 Å². The molecule has 0 spiro atoms. The highest BCUT2D eigenvalue weighted by atomic mass is 16.6. The Bertz CT molecular complexity index is 207. The second-order valence-corrected chi connectivity index (χ2v) is 4.57. The van der Waals surface area contributed by atoms with Crippen molar-refractivity contribution in [3.05, 3.63) is 11.6 Å². The molecule has 1 aliphatic carbocycles. The minimum Gasteiger partial charge on any atom is -0.370 e. The molecule has 1 heteroatoms. The van der Waals surface area contributed by atoms with Gasteiger partial charge in [-0.25, -0.2) is 0 Å². The van der Waals surface area contributed by atoms with Crippen molar-refractivity contribution in [3.63, 3.8) is 0 Å². The number of fused-ring (bicyclic) bond motifs is 1. The van der Waals surface area contributed by atoms with E-state index in [9.17, 15) is 0 Å². The predicted molar refractivity (Wildman–Crippen MR) is 54.7 cm³/mol. The van der Waals surface area contributed by atoms with Crippen LogP contribution in [-0.2, 0) is 4.74 Å². The van der Waals surface area contributed by atoms with Gasteiger partial charge in [0.05, 0.1) is 12.2 Å². The molecular formula is C12H20O.